The van der Waals surface area contributed by atoms with E-state index in [0.717, 1.165) is 0 Å². The molecule has 0 aromatic heterocycles. The molecule has 0 saturated carbocycles. The highest BCUT2D eigenvalue weighted by Gasteiger charge is 2.40. The average molecular weight is 208 g/mol. The molecule has 1 N–H and O–H groups in total. The van der Waals surface area contributed by atoms with Gasteiger partial charge in [0.25, 0.3) is 0 Å². The van der Waals surface area contributed by atoms with Crippen LogP contribution in [0.2, 0.25) is 0 Å². The molecule has 0 bridgehead atoms. The third-order valence-corrected chi connectivity index (χ3v) is 1.53. The highest BCUT2D eigenvalue weighted by Crippen LogP contribution is 2.22. The first-order valence-electron chi connectivity index (χ1n) is 4.03. The molecular formula is C8H11F3N2O. The van der Waals surface area contributed by atoms with E-state index in [1.807, 2.05) is 0 Å². The second-order valence-corrected chi connectivity index (χ2v) is 3.12. The Morgan fingerprint density at radius 2 is 2.00 bits per heavy atom. The van der Waals surface area contributed by atoms with Crippen LogP contribution in [0.15, 0.2) is 0 Å². The average Bonchev–Trinajstić information content (AvgIpc) is 2.01. The van der Waals surface area contributed by atoms with Crippen LogP contribution in [0.4, 0.5) is 13.2 Å². The molecule has 1 atom stereocenters. The van der Waals surface area contributed by atoms with Crippen LogP contribution in [0.3, 0.4) is 0 Å². The van der Waals surface area contributed by atoms with Gasteiger partial charge in [-0.15, -0.1) is 0 Å². The van der Waals surface area contributed by atoms with Gasteiger partial charge in [-0.3, -0.25) is 4.79 Å². The minimum Gasteiger partial charge on any atom is -0.343 e. The monoisotopic (exact) mass is 208 g/mol. The molecule has 0 aliphatic heterocycles. The number of nitrogens with zero attached hydrogens (tertiary/aromatic N) is 1. The van der Waals surface area contributed by atoms with Crippen molar-refractivity contribution in [2.24, 2.45) is 5.92 Å². The number of nitriles is 1. The van der Waals surface area contributed by atoms with Crippen molar-refractivity contribution >= 4 is 5.91 Å². The molecule has 0 aliphatic rings. The predicted octanol–water partition coefficient (Wildman–Crippen LogP) is 1.60. The summed E-state index contributed by atoms with van der Waals surface area (Å²) in [6.07, 6.45) is -5.33. The van der Waals surface area contributed by atoms with E-state index >= 15 is 0 Å². The van der Waals surface area contributed by atoms with Crippen LogP contribution >= 0.6 is 0 Å². The smallest absolute Gasteiger partial charge is 0.343 e. The number of rotatable bonds is 3. The van der Waals surface area contributed by atoms with E-state index in [1.165, 1.54) is 19.9 Å². The van der Waals surface area contributed by atoms with Crippen LogP contribution in [0.1, 0.15) is 20.3 Å². The Balaban J connectivity index is 4.40. The van der Waals surface area contributed by atoms with Gasteiger partial charge in [0.1, 0.15) is 6.04 Å². The van der Waals surface area contributed by atoms with Crippen LogP contribution in [-0.4, -0.2) is 18.1 Å². The molecule has 0 fully saturated rings. The molecule has 0 heterocycles. The topological polar surface area (TPSA) is 52.9 Å². The van der Waals surface area contributed by atoms with Gasteiger partial charge in [0.2, 0.25) is 5.91 Å². The van der Waals surface area contributed by atoms with E-state index in [0.29, 0.717) is 0 Å². The van der Waals surface area contributed by atoms with Crippen molar-refractivity contribution in [2.75, 3.05) is 0 Å². The molecule has 3 nitrogen and oxygen atoms in total. The molecule has 0 rings (SSSR count). The molecule has 6 heteroatoms. The van der Waals surface area contributed by atoms with Gasteiger partial charge in [0.15, 0.2) is 0 Å². The quantitative estimate of drug-likeness (QED) is 0.765. The summed E-state index contributed by atoms with van der Waals surface area (Å²) < 4.78 is 36.5. The van der Waals surface area contributed by atoms with E-state index in [9.17, 15) is 18.0 Å². The summed E-state index contributed by atoms with van der Waals surface area (Å²) >= 11 is 0. The predicted molar refractivity (Wildman–Crippen MR) is 43.1 cm³/mol. The second-order valence-electron chi connectivity index (χ2n) is 3.12. The van der Waals surface area contributed by atoms with E-state index in [2.05, 4.69) is 0 Å². The summed E-state index contributed by atoms with van der Waals surface area (Å²) in [5.74, 6) is -1.24. The lowest BCUT2D eigenvalue weighted by Crippen LogP contribution is -2.46. The fourth-order valence-electron chi connectivity index (χ4n) is 0.678. The summed E-state index contributed by atoms with van der Waals surface area (Å²) in [7, 11) is 0. The Bertz CT molecular complexity index is 242. The van der Waals surface area contributed by atoms with Gasteiger partial charge in [-0.2, -0.15) is 18.4 Å². The molecule has 1 unspecified atom stereocenters. The van der Waals surface area contributed by atoms with Gasteiger partial charge in [-0.05, 0) is 0 Å². The molecule has 0 aromatic rings. The maximum absolute atomic E-state index is 12.2. The molecule has 14 heavy (non-hydrogen) atoms. The van der Waals surface area contributed by atoms with Crippen molar-refractivity contribution in [3.63, 3.8) is 0 Å². The van der Waals surface area contributed by atoms with Crippen LogP contribution in [0.25, 0.3) is 0 Å². The Morgan fingerprint density at radius 3 is 2.29 bits per heavy atom. The number of hydrogen-bond acceptors (Lipinski definition) is 2. The van der Waals surface area contributed by atoms with E-state index < -0.39 is 30.5 Å². The zero-order valence-corrected chi connectivity index (χ0v) is 7.85. The van der Waals surface area contributed by atoms with Crippen molar-refractivity contribution < 1.29 is 18.0 Å². The van der Waals surface area contributed by atoms with Gasteiger partial charge in [-0.25, -0.2) is 0 Å². The molecule has 0 spiro atoms. The third kappa shape index (κ3) is 4.12. The summed E-state index contributed by atoms with van der Waals surface area (Å²) in [6.45, 7) is 2.96. The zero-order valence-electron chi connectivity index (χ0n) is 7.85. The molecule has 0 aliphatic carbocycles. The summed E-state index contributed by atoms with van der Waals surface area (Å²) in [5, 5.41) is 9.92. The zero-order chi connectivity index (χ0) is 11.4. The van der Waals surface area contributed by atoms with Gasteiger partial charge >= 0.3 is 6.18 Å². The van der Waals surface area contributed by atoms with Crippen LogP contribution < -0.4 is 5.32 Å². The second kappa shape index (κ2) is 4.84. The number of carbonyl (C=O) groups is 1. The fourth-order valence-corrected chi connectivity index (χ4v) is 0.678. The van der Waals surface area contributed by atoms with Crippen molar-refractivity contribution in [3.05, 3.63) is 0 Å². The maximum atomic E-state index is 12.2. The number of halogens is 3. The molecule has 80 valence electrons. The van der Waals surface area contributed by atoms with Gasteiger partial charge in [-0.1, -0.05) is 13.8 Å². The van der Waals surface area contributed by atoms with E-state index in [1.54, 1.807) is 5.32 Å². The van der Waals surface area contributed by atoms with E-state index in [-0.39, 0.29) is 0 Å². The lowest BCUT2D eigenvalue weighted by molar-refractivity contribution is -0.161. The first-order chi connectivity index (χ1) is 6.29. The largest absolute Gasteiger partial charge is 0.409 e. The molecule has 1 amide bonds. The minimum absolute atomic E-state index is 0.529. The lowest BCUT2D eigenvalue weighted by Gasteiger charge is -2.19. The SMILES string of the molecule is CC(C)C(=O)NC(CC#N)C(F)(F)F. The summed E-state index contributed by atoms with van der Waals surface area (Å²) in [4.78, 5) is 11.0. The first-order valence-corrected chi connectivity index (χ1v) is 4.03. The van der Waals surface area contributed by atoms with Gasteiger partial charge in [0.05, 0.1) is 12.5 Å². The standard InChI is InChI=1S/C8H11F3N2O/c1-5(2)7(14)13-6(3-4-12)8(9,10)11/h5-6H,3H2,1-2H3,(H,13,14). The minimum atomic E-state index is -4.57. The Hall–Kier alpha value is -1.25. The van der Waals surface area contributed by atoms with Crippen LogP contribution in [-0.2, 0) is 4.79 Å². The molecule has 0 saturated heterocycles. The normalized spacial score (nSPS) is 13.5. The van der Waals surface area contributed by atoms with Crippen molar-refractivity contribution in [1.82, 2.24) is 5.32 Å². The molecule has 0 radical (unpaired) electrons. The summed E-state index contributed by atoms with van der Waals surface area (Å²) in [5.41, 5.74) is 0. The van der Waals surface area contributed by atoms with Gasteiger partial charge in [0, 0.05) is 5.92 Å². The molecular weight excluding hydrogens is 197 g/mol. The van der Waals surface area contributed by atoms with Crippen molar-refractivity contribution in [3.8, 4) is 6.07 Å². The Labute approximate surface area is 79.9 Å². The number of alkyl halides is 3. The Kier molecular flexibility index (Phi) is 4.41. The summed E-state index contributed by atoms with van der Waals surface area (Å²) in [6, 6.07) is -0.683. The third-order valence-electron chi connectivity index (χ3n) is 1.53. The van der Waals surface area contributed by atoms with Crippen LogP contribution in [0.5, 0.6) is 0 Å². The number of amides is 1. The highest BCUT2D eigenvalue weighted by atomic mass is 19.4. The van der Waals surface area contributed by atoms with Crippen molar-refractivity contribution in [2.45, 2.75) is 32.5 Å². The molecule has 0 aromatic carbocycles. The number of hydrogen-bond donors (Lipinski definition) is 1. The van der Waals surface area contributed by atoms with Gasteiger partial charge < -0.3 is 5.32 Å². The Morgan fingerprint density at radius 1 is 1.50 bits per heavy atom. The highest BCUT2D eigenvalue weighted by molar-refractivity contribution is 5.78. The van der Waals surface area contributed by atoms with Crippen LogP contribution in [0, 0.1) is 17.2 Å². The maximum Gasteiger partial charge on any atom is 0.409 e. The lowest BCUT2D eigenvalue weighted by atomic mass is 10.1. The van der Waals surface area contributed by atoms with E-state index in [4.69, 9.17) is 5.26 Å². The first kappa shape index (κ1) is 12.8. The fraction of sp³-hybridized carbons (Fsp3) is 0.750. The number of carbonyl (C=O) groups excluding carboxylic acids is 1. The number of nitrogens with one attached hydrogen (secondary N) is 1. The van der Waals surface area contributed by atoms with Crippen molar-refractivity contribution in [1.29, 1.82) is 5.26 Å².